The number of imidazole rings is 1. The number of benzene rings is 2. The Kier molecular flexibility index (Phi) is 6.16. The molecule has 2 aromatic heterocycles. The number of aromatic nitrogens is 4. The molecule has 0 atom stereocenters. The molecule has 0 saturated heterocycles. The van der Waals surface area contributed by atoms with Gasteiger partial charge in [0.25, 0.3) is 11.5 Å². The molecule has 2 aromatic carbocycles. The fourth-order valence-corrected chi connectivity index (χ4v) is 3.31. The van der Waals surface area contributed by atoms with Crippen molar-refractivity contribution >= 4 is 23.3 Å². The number of nitrogens with one attached hydrogen (secondary N) is 1. The number of hydrazone groups is 1. The van der Waals surface area contributed by atoms with Gasteiger partial charge in [-0.2, -0.15) is 5.10 Å². The number of ether oxygens (including phenoxy) is 1. The summed E-state index contributed by atoms with van der Waals surface area (Å²) < 4.78 is 9.42. The van der Waals surface area contributed by atoms with Gasteiger partial charge >= 0.3 is 5.69 Å². The van der Waals surface area contributed by atoms with Crippen molar-refractivity contribution in [1.82, 2.24) is 24.1 Å². The zero-order valence-corrected chi connectivity index (χ0v) is 18.1. The minimum atomic E-state index is -0.519. The van der Waals surface area contributed by atoms with Crippen LogP contribution in [0.25, 0.3) is 11.2 Å². The van der Waals surface area contributed by atoms with Gasteiger partial charge in [0.2, 0.25) is 0 Å². The highest BCUT2D eigenvalue weighted by Crippen LogP contribution is 2.14. The molecule has 4 aromatic rings. The van der Waals surface area contributed by atoms with Crippen LogP contribution in [0.5, 0.6) is 5.75 Å². The van der Waals surface area contributed by atoms with Crippen molar-refractivity contribution in [2.75, 3.05) is 0 Å². The second-order valence-corrected chi connectivity index (χ2v) is 7.39. The molecule has 33 heavy (non-hydrogen) atoms. The number of hydrogen-bond donors (Lipinski definition) is 1. The van der Waals surface area contributed by atoms with Crippen molar-refractivity contribution in [2.24, 2.45) is 19.2 Å². The van der Waals surface area contributed by atoms with Crippen LogP contribution in [0.1, 0.15) is 11.1 Å². The van der Waals surface area contributed by atoms with E-state index < -0.39 is 17.2 Å². The molecule has 0 saturated carbocycles. The zero-order chi connectivity index (χ0) is 23.4. The molecule has 0 radical (unpaired) electrons. The van der Waals surface area contributed by atoms with Gasteiger partial charge in [-0.15, -0.1) is 0 Å². The summed E-state index contributed by atoms with van der Waals surface area (Å²) in [5.41, 5.74) is 3.62. The molecule has 1 N–H and O–H groups in total. The number of aryl methyl sites for hydroxylation is 1. The maximum Gasteiger partial charge on any atom is 0.332 e. The topological polar surface area (TPSA) is 113 Å². The van der Waals surface area contributed by atoms with Gasteiger partial charge in [-0.3, -0.25) is 18.7 Å². The first-order chi connectivity index (χ1) is 15.9. The zero-order valence-electron chi connectivity index (χ0n) is 18.1. The quantitative estimate of drug-likeness (QED) is 0.338. The molecule has 0 spiro atoms. The van der Waals surface area contributed by atoms with Gasteiger partial charge in [0.1, 0.15) is 18.9 Å². The van der Waals surface area contributed by atoms with E-state index in [1.54, 1.807) is 0 Å². The minimum absolute atomic E-state index is 0.169. The van der Waals surface area contributed by atoms with Crippen LogP contribution in [0, 0.1) is 0 Å². The summed E-state index contributed by atoms with van der Waals surface area (Å²) in [5, 5.41) is 3.98. The summed E-state index contributed by atoms with van der Waals surface area (Å²) in [7, 11) is 2.90. The summed E-state index contributed by atoms with van der Waals surface area (Å²) in [6.45, 7) is 0.267. The van der Waals surface area contributed by atoms with Gasteiger partial charge in [0.05, 0.1) is 12.5 Å². The van der Waals surface area contributed by atoms with E-state index in [2.05, 4.69) is 15.5 Å². The molecule has 2 heterocycles. The Morgan fingerprint density at radius 3 is 2.67 bits per heavy atom. The van der Waals surface area contributed by atoms with E-state index in [1.165, 1.54) is 35.8 Å². The van der Waals surface area contributed by atoms with E-state index in [-0.39, 0.29) is 17.7 Å². The number of amides is 1. The number of carbonyl (C=O) groups excluding carboxylic acids is 1. The largest absolute Gasteiger partial charge is 0.489 e. The van der Waals surface area contributed by atoms with Crippen molar-refractivity contribution in [3.8, 4) is 5.75 Å². The molecular formula is C23H22N6O4. The number of hydrogen-bond acceptors (Lipinski definition) is 6. The lowest BCUT2D eigenvalue weighted by atomic mass is 10.2. The van der Waals surface area contributed by atoms with E-state index in [1.807, 2.05) is 54.6 Å². The maximum absolute atomic E-state index is 12.5. The van der Waals surface area contributed by atoms with Gasteiger partial charge < -0.3 is 9.30 Å². The second kappa shape index (κ2) is 9.35. The second-order valence-electron chi connectivity index (χ2n) is 7.39. The fraction of sp³-hybridized carbons (Fsp3) is 0.174. The Labute approximate surface area is 188 Å². The van der Waals surface area contributed by atoms with E-state index in [4.69, 9.17) is 4.74 Å². The maximum atomic E-state index is 12.5. The van der Waals surface area contributed by atoms with Crippen molar-refractivity contribution in [2.45, 2.75) is 13.2 Å². The van der Waals surface area contributed by atoms with Crippen molar-refractivity contribution in [3.63, 3.8) is 0 Å². The Hall–Kier alpha value is -4.47. The average molecular weight is 446 g/mol. The molecule has 168 valence electrons. The Balaban J connectivity index is 1.40. The van der Waals surface area contributed by atoms with Crippen LogP contribution in [0.3, 0.4) is 0 Å². The number of carbonyl (C=O) groups is 1. The van der Waals surface area contributed by atoms with Gasteiger partial charge in [0, 0.05) is 14.1 Å². The average Bonchev–Trinajstić information content (AvgIpc) is 3.24. The van der Waals surface area contributed by atoms with Crippen LogP contribution >= 0.6 is 0 Å². The van der Waals surface area contributed by atoms with Crippen molar-refractivity contribution in [1.29, 1.82) is 0 Å². The molecule has 0 aliphatic heterocycles. The highest BCUT2D eigenvalue weighted by Gasteiger charge is 2.15. The molecule has 0 unspecified atom stereocenters. The monoisotopic (exact) mass is 446 g/mol. The first-order valence-electron chi connectivity index (χ1n) is 10.1. The summed E-state index contributed by atoms with van der Waals surface area (Å²) in [6.07, 6.45) is 2.85. The smallest absolute Gasteiger partial charge is 0.332 e. The predicted octanol–water partition coefficient (Wildman–Crippen LogP) is 1.16. The standard InChI is InChI=1S/C23H22N6O4/c1-27-21-20(22(31)28(2)23(27)32)29(15-24-21)13-19(30)26-25-12-17-9-6-10-18(11-17)33-14-16-7-4-3-5-8-16/h3-12,15H,13-14H2,1-2H3,(H,26,30). The van der Waals surface area contributed by atoms with Gasteiger partial charge in [-0.25, -0.2) is 15.2 Å². The Morgan fingerprint density at radius 2 is 1.88 bits per heavy atom. The summed E-state index contributed by atoms with van der Waals surface area (Å²) >= 11 is 0. The van der Waals surface area contributed by atoms with Crippen LogP contribution in [-0.2, 0) is 32.0 Å². The number of rotatable bonds is 7. The third kappa shape index (κ3) is 4.74. The van der Waals surface area contributed by atoms with Crippen LogP contribution in [0.2, 0.25) is 0 Å². The minimum Gasteiger partial charge on any atom is -0.489 e. The summed E-state index contributed by atoms with van der Waals surface area (Å²) in [5.74, 6) is 0.235. The van der Waals surface area contributed by atoms with E-state index in [9.17, 15) is 14.4 Å². The summed E-state index contributed by atoms with van der Waals surface area (Å²) in [4.78, 5) is 40.9. The highest BCUT2D eigenvalue weighted by molar-refractivity contribution is 5.83. The van der Waals surface area contributed by atoms with Crippen molar-refractivity contribution < 1.29 is 9.53 Å². The summed E-state index contributed by atoms with van der Waals surface area (Å²) in [6, 6.07) is 17.2. The molecule has 0 aliphatic rings. The van der Waals surface area contributed by atoms with Crippen LogP contribution in [0.4, 0.5) is 0 Å². The Bertz CT molecular complexity index is 1450. The van der Waals surface area contributed by atoms with Gasteiger partial charge in [-0.1, -0.05) is 42.5 Å². The third-order valence-corrected chi connectivity index (χ3v) is 5.04. The van der Waals surface area contributed by atoms with E-state index in [0.29, 0.717) is 12.4 Å². The third-order valence-electron chi connectivity index (χ3n) is 5.04. The van der Waals surface area contributed by atoms with Gasteiger partial charge in [0.15, 0.2) is 11.2 Å². The molecule has 4 rings (SSSR count). The number of nitrogens with zero attached hydrogens (tertiary/aromatic N) is 5. The Morgan fingerprint density at radius 1 is 1.09 bits per heavy atom. The molecule has 1 amide bonds. The molecule has 0 fully saturated rings. The van der Waals surface area contributed by atoms with Crippen LogP contribution in [-0.4, -0.2) is 30.8 Å². The fourth-order valence-electron chi connectivity index (χ4n) is 3.31. The lowest BCUT2D eigenvalue weighted by Crippen LogP contribution is -2.38. The molecular weight excluding hydrogens is 424 g/mol. The highest BCUT2D eigenvalue weighted by atomic mass is 16.5. The van der Waals surface area contributed by atoms with Crippen LogP contribution in [0.15, 0.2) is 75.6 Å². The van der Waals surface area contributed by atoms with E-state index >= 15 is 0 Å². The van der Waals surface area contributed by atoms with Gasteiger partial charge in [-0.05, 0) is 23.3 Å². The van der Waals surface area contributed by atoms with Crippen molar-refractivity contribution in [3.05, 3.63) is 92.9 Å². The lowest BCUT2D eigenvalue weighted by molar-refractivity contribution is -0.121. The molecule has 10 heteroatoms. The molecule has 0 aliphatic carbocycles. The van der Waals surface area contributed by atoms with E-state index in [0.717, 1.165) is 15.7 Å². The molecule has 10 nitrogen and oxygen atoms in total. The van der Waals surface area contributed by atoms with Crippen LogP contribution < -0.4 is 21.4 Å². The SMILES string of the molecule is Cn1c(=O)c2c(ncn2CC(=O)NN=Cc2cccc(OCc3ccccc3)c2)n(C)c1=O. The predicted molar refractivity (Wildman–Crippen MR) is 123 cm³/mol. The number of fused-ring (bicyclic) bond motifs is 1. The first kappa shape index (κ1) is 21.8. The first-order valence-corrected chi connectivity index (χ1v) is 10.1. The normalized spacial score (nSPS) is 11.2. The molecule has 0 bridgehead atoms. The lowest BCUT2D eigenvalue weighted by Gasteiger charge is -2.07.